The summed E-state index contributed by atoms with van der Waals surface area (Å²) in [6, 6.07) is 8.67. The Morgan fingerprint density at radius 2 is 1.85 bits per heavy atom. The molecule has 0 spiro atoms. The Morgan fingerprint density at radius 1 is 1.15 bits per heavy atom. The van der Waals surface area contributed by atoms with Gasteiger partial charge in [0.1, 0.15) is 27.4 Å². The summed E-state index contributed by atoms with van der Waals surface area (Å²) in [5.41, 5.74) is -1.42. The van der Waals surface area contributed by atoms with Gasteiger partial charge in [-0.2, -0.15) is 0 Å². The third kappa shape index (κ3) is 6.34. The van der Waals surface area contributed by atoms with Crippen molar-refractivity contribution in [3.63, 3.8) is 0 Å². The fourth-order valence-electron chi connectivity index (χ4n) is 4.94. The van der Waals surface area contributed by atoms with Crippen LogP contribution in [0, 0.1) is 22.2 Å². The van der Waals surface area contributed by atoms with Crippen LogP contribution in [-0.4, -0.2) is 50.2 Å². The summed E-state index contributed by atoms with van der Waals surface area (Å²) in [4.78, 5) is 30.7. The summed E-state index contributed by atoms with van der Waals surface area (Å²) >= 11 is 0. The second kappa shape index (κ2) is 11.4. The SMILES string of the molecule is CC(=O)OC(C)(C)C(=O)N1CC[C@H](NS(=N)(=O)c2cccnc2)[C@@H]1Cc1cccc(-c2cc(F)cc(F)c2)c1F. The van der Waals surface area contributed by atoms with Crippen molar-refractivity contribution in [1.82, 2.24) is 14.6 Å². The average molecular weight is 575 g/mol. The fraction of sp³-hybridized carbons (Fsp3) is 0.321. The molecule has 1 saturated heterocycles. The molecule has 1 fully saturated rings. The molecule has 0 bridgehead atoms. The Bertz CT molecular complexity index is 1510. The van der Waals surface area contributed by atoms with Gasteiger partial charge < -0.3 is 9.64 Å². The van der Waals surface area contributed by atoms with Crippen LogP contribution in [0.25, 0.3) is 11.1 Å². The van der Waals surface area contributed by atoms with Gasteiger partial charge in [0.05, 0.1) is 10.9 Å². The predicted octanol–water partition coefficient (Wildman–Crippen LogP) is 4.63. The normalized spacial score (nSPS) is 18.8. The van der Waals surface area contributed by atoms with E-state index in [9.17, 15) is 22.6 Å². The van der Waals surface area contributed by atoms with Crippen LogP contribution in [-0.2, 0) is 30.7 Å². The highest BCUT2D eigenvalue weighted by Crippen LogP contribution is 2.31. The molecule has 2 aromatic carbocycles. The Labute approximate surface area is 230 Å². The van der Waals surface area contributed by atoms with Crippen molar-refractivity contribution in [2.24, 2.45) is 0 Å². The minimum Gasteiger partial charge on any atom is -0.450 e. The number of aromatic nitrogens is 1. The van der Waals surface area contributed by atoms with E-state index < -0.39 is 56.9 Å². The lowest BCUT2D eigenvalue weighted by atomic mass is 9.95. The Kier molecular flexibility index (Phi) is 8.31. The van der Waals surface area contributed by atoms with E-state index in [1.807, 2.05) is 0 Å². The van der Waals surface area contributed by atoms with Crippen molar-refractivity contribution < 1.29 is 31.7 Å². The van der Waals surface area contributed by atoms with E-state index in [-0.39, 0.29) is 41.0 Å². The summed E-state index contributed by atoms with van der Waals surface area (Å²) in [7, 11) is -3.56. The highest BCUT2D eigenvalue weighted by Gasteiger charge is 2.45. The molecular weight excluding hydrogens is 545 g/mol. The van der Waals surface area contributed by atoms with Crippen LogP contribution in [0.5, 0.6) is 0 Å². The molecule has 40 heavy (non-hydrogen) atoms. The lowest BCUT2D eigenvalue weighted by Crippen LogP contribution is -2.53. The number of hydrogen-bond acceptors (Lipinski definition) is 6. The lowest BCUT2D eigenvalue weighted by Gasteiger charge is -2.34. The molecular formula is C28H29F3N4O4S. The van der Waals surface area contributed by atoms with Crippen LogP contribution in [0.1, 0.15) is 32.8 Å². The van der Waals surface area contributed by atoms with E-state index in [2.05, 4.69) is 9.71 Å². The number of carbonyl (C=O) groups excluding carboxylic acids is 2. The van der Waals surface area contributed by atoms with Crippen LogP contribution in [0.4, 0.5) is 13.2 Å². The van der Waals surface area contributed by atoms with Crippen LogP contribution in [0.15, 0.2) is 65.8 Å². The van der Waals surface area contributed by atoms with Gasteiger partial charge in [0.15, 0.2) is 5.60 Å². The molecule has 4 rings (SSSR count). The maximum Gasteiger partial charge on any atom is 0.303 e. The third-order valence-corrected chi connectivity index (χ3v) is 8.23. The maximum absolute atomic E-state index is 15.8. The summed E-state index contributed by atoms with van der Waals surface area (Å²) in [6.07, 6.45) is 2.98. The fourth-order valence-corrected chi connectivity index (χ4v) is 6.25. The largest absolute Gasteiger partial charge is 0.450 e. The third-order valence-electron chi connectivity index (χ3n) is 6.69. The number of hydrogen-bond donors (Lipinski definition) is 2. The van der Waals surface area contributed by atoms with Gasteiger partial charge in [-0.1, -0.05) is 18.2 Å². The van der Waals surface area contributed by atoms with E-state index in [1.54, 1.807) is 6.07 Å². The first-order valence-corrected chi connectivity index (χ1v) is 14.0. The molecule has 1 aromatic heterocycles. The number of rotatable bonds is 8. The van der Waals surface area contributed by atoms with Crippen LogP contribution >= 0.6 is 0 Å². The number of pyridine rings is 1. The van der Waals surface area contributed by atoms with Crippen molar-refractivity contribution in [3.8, 4) is 11.1 Å². The van der Waals surface area contributed by atoms with Gasteiger partial charge in [-0.15, -0.1) is 0 Å². The van der Waals surface area contributed by atoms with Gasteiger partial charge in [-0.05, 0) is 62.1 Å². The maximum atomic E-state index is 15.8. The number of nitrogens with one attached hydrogen (secondary N) is 2. The molecule has 2 heterocycles. The topological polar surface area (TPSA) is 112 Å². The first-order chi connectivity index (χ1) is 18.8. The molecule has 0 saturated carbocycles. The summed E-state index contributed by atoms with van der Waals surface area (Å²) in [5, 5.41) is 0. The number of nitrogens with zero attached hydrogens (tertiary/aromatic N) is 2. The number of amides is 1. The van der Waals surface area contributed by atoms with Crippen molar-refractivity contribution >= 4 is 21.8 Å². The minimum absolute atomic E-state index is 0.00706. The van der Waals surface area contributed by atoms with Gasteiger partial charge in [-0.3, -0.25) is 14.6 Å². The molecule has 0 aliphatic carbocycles. The molecule has 12 heteroatoms. The van der Waals surface area contributed by atoms with Gasteiger partial charge >= 0.3 is 5.97 Å². The zero-order chi connectivity index (χ0) is 29.2. The number of carbonyl (C=O) groups is 2. The number of esters is 1. The highest BCUT2D eigenvalue weighted by atomic mass is 32.2. The summed E-state index contributed by atoms with van der Waals surface area (Å²) in [6.45, 7) is 4.22. The van der Waals surface area contributed by atoms with Crippen molar-refractivity contribution in [2.45, 2.75) is 56.2 Å². The molecule has 1 aliphatic heterocycles. The van der Waals surface area contributed by atoms with Crippen LogP contribution < -0.4 is 4.72 Å². The standard InChI is InChI=1S/C28H29F3N4O4S/c1-17(36)39-28(2,3)27(37)35-11-9-24(34-40(32,38)22-7-5-10-33-16-22)25(35)14-18-6-4-8-23(26(18)31)19-12-20(29)15-21(30)13-19/h4-8,10,12-13,15-16,24-25H,9,11,14H2,1-3H3,(H2,32,34,38)/t24-,25-,40?/m0/s1. The number of halogens is 3. The smallest absolute Gasteiger partial charge is 0.303 e. The van der Waals surface area contributed by atoms with E-state index in [0.717, 1.165) is 12.1 Å². The Hall–Kier alpha value is -3.77. The lowest BCUT2D eigenvalue weighted by molar-refractivity contribution is -0.169. The van der Waals surface area contributed by atoms with Gasteiger partial charge in [0, 0.05) is 43.5 Å². The number of likely N-dealkylation sites (tertiary alicyclic amines) is 1. The van der Waals surface area contributed by atoms with Gasteiger partial charge in [-0.25, -0.2) is 26.9 Å². The summed E-state index contributed by atoms with van der Waals surface area (Å²) < 4.78 is 73.4. The summed E-state index contributed by atoms with van der Waals surface area (Å²) in [5.74, 6) is -3.65. The molecule has 3 aromatic rings. The second-order valence-corrected chi connectivity index (χ2v) is 11.9. The van der Waals surface area contributed by atoms with Crippen LogP contribution in [0.3, 0.4) is 0 Å². The molecule has 8 nitrogen and oxygen atoms in total. The molecule has 0 radical (unpaired) electrons. The van der Waals surface area contributed by atoms with Gasteiger partial charge in [0.25, 0.3) is 5.91 Å². The Balaban J connectivity index is 1.72. The monoisotopic (exact) mass is 574 g/mol. The molecule has 3 atom stereocenters. The van der Waals surface area contributed by atoms with Crippen molar-refractivity contribution in [2.75, 3.05) is 6.54 Å². The molecule has 1 amide bonds. The van der Waals surface area contributed by atoms with E-state index in [4.69, 9.17) is 9.52 Å². The molecule has 2 N–H and O–H groups in total. The quantitative estimate of drug-likeness (QED) is 0.381. The second-order valence-electron chi connectivity index (χ2n) is 10.1. The van der Waals surface area contributed by atoms with E-state index in [1.165, 1.54) is 62.3 Å². The zero-order valence-electron chi connectivity index (χ0n) is 22.1. The highest BCUT2D eigenvalue weighted by molar-refractivity contribution is 7.90. The zero-order valence-corrected chi connectivity index (χ0v) is 22.9. The van der Waals surface area contributed by atoms with Crippen molar-refractivity contribution in [3.05, 3.63) is 83.9 Å². The number of benzene rings is 2. The number of ether oxygens (including phenoxy) is 1. The van der Waals surface area contributed by atoms with Crippen LogP contribution in [0.2, 0.25) is 0 Å². The molecule has 1 unspecified atom stereocenters. The molecule has 212 valence electrons. The minimum atomic E-state index is -3.56. The first-order valence-electron chi connectivity index (χ1n) is 12.5. The average Bonchev–Trinajstić information content (AvgIpc) is 3.25. The van der Waals surface area contributed by atoms with Gasteiger partial charge in [0.2, 0.25) is 0 Å². The first kappa shape index (κ1) is 29.2. The van der Waals surface area contributed by atoms with Crippen molar-refractivity contribution in [1.29, 1.82) is 4.78 Å². The Morgan fingerprint density at radius 3 is 2.48 bits per heavy atom. The van der Waals surface area contributed by atoms with E-state index in [0.29, 0.717) is 6.07 Å². The predicted molar refractivity (Wildman–Crippen MR) is 142 cm³/mol. The van der Waals surface area contributed by atoms with E-state index >= 15 is 4.39 Å². The molecule has 1 aliphatic rings.